The number of aromatic nitrogens is 2. The number of pyridine rings is 2. The van der Waals surface area contributed by atoms with E-state index in [2.05, 4.69) is 34.6 Å². The van der Waals surface area contributed by atoms with E-state index in [1.807, 2.05) is 30.3 Å². The van der Waals surface area contributed by atoms with E-state index < -0.39 is 0 Å². The van der Waals surface area contributed by atoms with Crippen molar-refractivity contribution in [1.29, 1.82) is 0 Å². The maximum Gasteiger partial charge on any atom is 0.221 e. The van der Waals surface area contributed by atoms with Crippen LogP contribution in [0.25, 0.3) is 16.5 Å². The molecule has 3 aromatic rings. The second kappa shape index (κ2) is 7.60. The molecule has 2 aliphatic rings. The normalized spacial score (nSPS) is 21.6. The molecule has 1 N–H and O–H groups in total. The molecule has 1 aliphatic heterocycles. The Balaban J connectivity index is 1.21. The topological polar surface area (TPSA) is 56.3 Å². The van der Waals surface area contributed by atoms with Gasteiger partial charge in [-0.15, -0.1) is 0 Å². The largest absolute Gasteiger partial charge is 0.474 e. The van der Waals surface area contributed by atoms with Crippen LogP contribution in [0.4, 0.5) is 5.82 Å². The van der Waals surface area contributed by atoms with Crippen LogP contribution in [0, 0.1) is 0 Å². The van der Waals surface area contributed by atoms with Gasteiger partial charge < -0.3 is 14.8 Å². The van der Waals surface area contributed by atoms with Gasteiger partial charge in [-0.25, -0.2) is 9.97 Å². The highest BCUT2D eigenvalue weighted by Crippen LogP contribution is 2.33. The number of para-hydroxylation sites is 1. The second-order valence-electron chi connectivity index (χ2n) is 7.35. The van der Waals surface area contributed by atoms with Gasteiger partial charge in [0.15, 0.2) is 0 Å². The highest BCUT2D eigenvalue weighted by atomic mass is 16.5. The standard InChI is InChI=1S/C23H23N3O2/c1-2-6-21-17(4-1)7-8-22(26-21)25-18-14-19(15-18)28-23-20(5-3-11-24-23)16-9-12-27-13-10-16/h1-9,11,18-19H,10,12-15H2,(H,25,26)/t18-,19+. The van der Waals surface area contributed by atoms with E-state index in [-0.39, 0.29) is 6.10 Å². The van der Waals surface area contributed by atoms with E-state index in [0.717, 1.165) is 54.0 Å². The number of fused-ring (bicyclic) bond motifs is 1. The van der Waals surface area contributed by atoms with Crippen LogP contribution in [0.1, 0.15) is 24.8 Å². The van der Waals surface area contributed by atoms with Crippen molar-refractivity contribution in [3.63, 3.8) is 0 Å². The molecular formula is C23H23N3O2. The molecule has 5 heteroatoms. The van der Waals surface area contributed by atoms with Gasteiger partial charge in [-0.1, -0.05) is 24.3 Å². The van der Waals surface area contributed by atoms with Gasteiger partial charge in [-0.05, 0) is 42.3 Å². The van der Waals surface area contributed by atoms with Crippen molar-refractivity contribution in [1.82, 2.24) is 9.97 Å². The molecule has 5 rings (SSSR count). The van der Waals surface area contributed by atoms with E-state index in [0.29, 0.717) is 12.6 Å². The highest BCUT2D eigenvalue weighted by Gasteiger charge is 2.32. The van der Waals surface area contributed by atoms with Crippen LogP contribution >= 0.6 is 0 Å². The molecule has 1 aliphatic carbocycles. The molecule has 28 heavy (non-hydrogen) atoms. The number of nitrogens with zero attached hydrogens (tertiary/aromatic N) is 2. The van der Waals surface area contributed by atoms with Gasteiger partial charge in [0.2, 0.25) is 5.88 Å². The number of nitrogens with one attached hydrogen (secondary N) is 1. The lowest BCUT2D eigenvalue weighted by Crippen LogP contribution is -2.43. The fraction of sp³-hybridized carbons (Fsp3) is 0.304. The lowest BCUT2D eigenvalue weighted by Gasteiger charge is -2.36. The smallest absolute Gasteiger partial charge is 0.221 e. The third-order valence-corrected chi connectivity index (χ3v) is 5.40. The molecule has 0 atom stereocenters. The Morgan fingerprint density at radius 2 is 1.96 bits per heavy atom. The number of benzene rings is 1. The number of rotatable bonds is 5. The van der Waals surface area contributed by atoms with Crippen LogP contribution in [0.15, 0.2) is 60.8 Å². The van der Waals surface area contributed by atoms with Crippen LogP contribution in [-0.4, -0.2) is 35.3 Å². The van der Waals surface area contributed by atoms with Crippen molar-refractivity contribution in [3.8, 4) is 5.88 Å². The average molecular weight is 373 g/mol. The van der Waals surface area contributed by atoms with Crippen LogP contribution < -0.4 is 10.1 Å². The fourth-order valence-corrected chi connectivity index (χ4v) is 3.79. The van der Waals surface area contributed by atoms with Crippen molar-refractivity contribution < 1.29 is 9.47 Å². The minimum Gasteiger partial charge on any atom is -0.474 e. The van der Waals surface area contributed by atoms with Crippen molar-refractivity contribution in [2.45, 2.75) is 31.4 Å². The SMILES string of the molecule is C1=C(c2cccnc2O[C@H]2C[C@@H](Nc3ccc4ccccc4n3)C2)CCOC1. The van der Waals surface area contributed by atoms with Gasteiger partial charge in [0.25, 0.3) is 0 Å². The Morgan fingerprint density at radius 3 is 2.86 bits per heavy atom. The van der Waals surface area contributed by atoms with Crippen molar-refractivity contribution in [2.75, 3.05) is 18.5 Å². The average Bonchev–Trinajstić information content (AvgIpc) is 2.73. The Kier molecular flexibility index (Phi) is 4.67. The molecule has 2 aromatic heterocycles. The van der Waals surface area contributed by atoms with E-state index in [1.54, 1.807) is 6.20 Å². The molecule has 0 bridgehead atoms. The molecule has 1 fully saturated rings. The number of hydrogen-bond donors (Lipinski definition) is 1. The summed E-state index contributed by atoms with van der Waals surface area (Å²) >= 11 is 0. The summed E-state index contributed by atoms with van der Waals surface area (Å²) in [6.07, 6.45) is 6.92. The molecular weight excluding hydrogens is 350 g/mol. The minimum absolute atomic E-state index is 0.187. The molecule has 0 spiro atoms. The van der Waals surface area contributed by atoms with Gasteiger partial charge in [-0.2, -0.15) is 0 Å². The Bertz CT molecular complexity index is 1010. The monoisotopic (exact) mass is 373 g/mol. The van der Waals surface area contributed by atoms with Crippen LogP contribution in [0.2, 0.25) is 0 Å². The van der Waals surface area contributed by atoms with Gasteiger partial charge in [0.1, 0.15) is 11.9 Å². The Hall–Kier alpha value is -2.92. The molecule has 3 heterocycles. The molecule has 142 valence electrons. The third-order valence-electron chi connectivity index (χ3n) is 5.40. The predicted molar refractivity (Wildman–Crippen MR) is 110 cm³/mol. The molecule has 0 amide bonds. The zero-order chi connectivity index (χ0) is 18.8. The first-order valence-corrected chi connectivity index (χ1v) is 9.86. The number of hydrogen-bond acceptors (Lipinski definition) is 5. The lowest BCUT2D eigenvalue weighted by molar-refractivity contribution is 0.102. The highest BCUT2D eigenvalue weighted by molar-refractivity contribution is 5.80. The Labute approximate surface area is 164 Å². The van der Waals surface area contributed by atoms with E-state index in [4.69, 9.17) is 14.5 Å². The predicted octanol–water partition coefficient (Wildman–Crippen LogP) is 4.46. The van der Waals surface area contributed by atoms with E-state index in [9.17, 15) is 0 Å². The van der Waals surface area contributed by atoms with Crippen LogP contribution in [0.5, 0.6) is 5.88 Å². The summed E-state index contributed by atoms with van der Waals surface area (Å²) in [6.45, 7) is 1.42. The molecule has 0 saturated heterocycles. The minimum atomic E-state index is 0.187. The molecule has 0 radical (unpaired) electrons. The van der Waals surface area contributed by atoms with Crippen molar-refractivity contribution in [3.05, 3.63) is 66.4 Å². The number of anilines is 1. The summed E-state index contributed by atoms with van der Waals surface area (Å²) in [6, 6.07) is 16.8. The molecule has 1 saturated carbocycles. The first-order chi connectivity index (χ1) is 13.8. The molecule has 5 nitrogen and oxygen atoms in total. The number of ether oxygens (including phenoxy) is 2. The van der Waals surface area contributed by atoms with E-state index in [1.165, 1.54) is 5.57 Å². The van der Waals surface area contributed by atoms with Crippen molar-refractivity contribution in [2.24, 2.45) is 0 Å². The second-order valence-corrected chi connectivity index (χ2v) is 7.35. The lowest BCUT2D eigenvalue weighted by atomic mass is 9.89. The third kappa shape index (κ3) is 3.58. The van der Waals surface area contributed by atoms with Gasteiger partial charge in [-0.3, -0.25) is 0 Å². The first kappa shape index (κ1) is 17.2. The first-order valence-electron chi connectivity index (χ1n) is 9.86. The van der Waals surface area contributed by atoms with Gasteiger partial charge >= 0.3 is 0 Å². The van der Waals surface area contributed by atoms with Crippen molar-refractivity contribution >= 4 is 22.3 Å². The summed E-state index contributed by atoms with van der Waals surface area (Å²) in [5, 5.41) is 4.68. The molecule has 1 aromatic carbocycles. The summed E-state index contributed by atoms with van der Waals surface area (Å²) in [5.74, 6) is 1.66. The summed E-state index contributed by atoms with van der Waals surface area (Å²) in [5.41, 5.74) is 3.38. The van der Waals surface area contributed by atoms with Crippen LogP contribution in [0.3, 0.4) is 0 Å². The quantitative estimate of drug-likeness (QED) is 0.716. The van der Waals surface area contributed by atoms with Gasteiger partial charge in [0.05, 0.1) is 18.7 Å². The van der Waals surface area contributed by atoms with E-state index >= 15 is 0 Å². The summed E-state index contributed by atoms with van der Waals surface area (Å²) in [4.78, 5) is 9.18. The fourth-order valence-electron chi connectivity index (χ4n) is 3.79. The van der Waals surface area contributed by atoms with Gasteiger partial charge in [0, 0.05) is 36.0 Å². The zero-order valence-corrected chi connectivity index (χ0v) is 15.7. The maximum atomic E-state index is 6.22. The molecule has 0 unspecified atom stereocenters. The Morgan fingerprint density at radius 1 is 1.04 bits per heavy atom. The zero-order valence-electron chi connectivity index (χ0n) is 15.7. The summed E-state index contributed by atoms with van der Waals surface area (Å²) < 4.78 is 11.6. The summed E-state index contributed by atoms with van der Waals surface area (Å²) in [7, 11) is 0. The van der Waals surface area contributed by atoms with Crippen LogP contribution in [-0.2, 0) is 4.74 Å². The maximum absolute atomic E-state index is 6.22.